The van der Waals surface area contributed by atoms with E-state index in [-0.39, 0.29) is 0 Å². The van der Waals surface area contributed by atoms with E-state index in [4.69, 9.17) is 0 Å². The van der Waals surface area contributed by atoms with Crippen LogP contribution in [0.2, 0.25) is 5.54 Å². The predicted octanol–water partition coefficient (Wildman–Crippen LogP) is 5.75. The Bertz CT molecular complexity index is 1060. The van der Waals surface area contributed by atoms with Crippen LogP contribution in [-0.4, -0.2) is 29.2 Å². The van der Waals surface area contributed by atoms with Gasteiger partial charge in [0, 0.05) is 5.54 Å². The van der Waals surface area contributed by atoms with Crippen LogP contribution in [0.1, 0.15) is 74.9 Å². The number of hydrogen-bond donors (Lipinski definition) is 3. The first kappa shape index (κ1) is 37.3. The normalized spacial score (nSPS) is 12.1. The molecule has 0 fully saturated rings. The highest BCUT2D eigenvalue weighted by molar-refractivity contribution is 7.13. The number of benzene rings is 3. The Balaban J connectivity index is 0.00000138. The van der Waals surface area contributed by atoms with Crippen molar-refractivity contribution in [2.75, 3.05) is 21.1 Å². The Morgan fingerprint density at radius 3 is 0.810 bits per heavy atom. The predicted molar refractivity (Wildman–Crippen MR) is 193 cm³/mol. The van der Waals surface area contributed by atoms with Gasteiger partial charge >= 0.3 is 0 Å². The Kier molecular flexibility index (Phi) is 17.2. The summed E-state index contributed by atoms with van der Waals surface area (Å²) >= 11 is 0. The van der Waals surface area contributed by atoms with Crippen LogP contribution >= 0.6 is 0 Å². The van der Waals surface area contributed by atoms with Crippen LogP contribution in [0.3, 0.4) is 0 Å². The molecular formula is C38H59N3Si. The fraction of sp³-hybridized carbons (Fsp3) is 0.421. The Labute approximate surface area is 259 Å². The smallest absolute Gasteiger partial charge is 0.158 e. The number of rotatable bonds is 10. The molecule has 0 amide bonds. The molecule has 3 aromatic carbocycles. The van der Waals surface area contributed by atoms with Gasteiger partial charge in [0.1, 0.15) is 0 Å². The lowest BCUT2D eigenvalue weighted by atomic mass is 10.1. The first-order valence-corrected chi connectivity index (χ1v) is 18.1. The molecule has 1 aliphatic carbocycles. The third-order valence-corrected chi connectivity index (χ3v) is 13.2. The lowest BCUT2D eigenvalue weighted by Crippen LogP contribution is -2.69. The molecular weight excluding hydrogens is 527 g/mol. The second kappa shape index (κ2) is 19.4. The largest absolute Gasteiger partial charge is 0.333 e. The van der Waals surface area contributed by atoms with Gasteiger partial charge in [-0.3, -0.25) is 0 Å². The highest BCUT2D eigenvalue weighted by Crippen LogP contribution is 2.31. The van der Waals surface area contributed by atoms with Crippen molar-refractivity contribution in [1.82, 2.24) is 0 Å². The minimum absolute atomic E-state index is 0.405. The molecule has 0 bridgehead atoms. The van der Waals surface area contributed by atoms with Crippen LogP contribution in [0.5, 0.6) is 0 Å². The molecule has 1 aliphatic rings. The van der Waals surface area contributed by atoms with E-state index >= 15 is 0 Å². The molecule has 0 aromatic heterocycles. The topological polar surface area (TPSA) is 78.1 Å². The number of nitrogens with two attached hydrogens (primary N) is 3. The zero-order valence-corrected chi connectivity index (χ0v) is 29.1. The van der Waals surface area contributed by atoms with E-state index in [1.807, 2.05) is 0 Å². The van der Waals surface area contributed by atoms with Crippen molar-refractivity contribution >= 4 is 23.6 Å². The van der Waals surface area contributed by atoms with Gasteiger partial charge in [-0.15, -0.1) is 0 Å². The van der Waals surface area contributed by atoms with Crippen molar-refractivity contribution in [3.63, 3.8) is 0 Å². The lowest BCUT2D eigenvalue weighted by Gasteiger charge is -2.39. The van der Waals surface area contributed by atoms with Gasteiger partial charge in [0.2, 0.25) is 0 Å². The molecule has 6 N–H and O–H groups in total. The van der Waals surface area contributed by atoms with Gasteiger partial charge in [-0.1, -0.05) is 120 Å². The maximum absolute atomic E-state index is 4.50. The standard InChI is InChI=1S/C35H44Si.3CH5N/c1-7-26-17-27(8-2)21-33(20-26)36(32-15-13-14-16-32,34-22-28(9-3)18-29(10-4)23-34)35-24-30(11-5)19-31(12-6)25-35;3*1-2/h13-25,32H,7-12H2,1-6H3;3*2H2,1H3. The van der Waals surface area contributed by atoms with Crippen LogP contribution in [0.25, 0.3) is 0 Å². The minimum atomic E-state index is -2.45. The average Bonchev–Trinajstić information content (AvgIpc) is 3.62. The maximum atomic E-state index is 4.50. The van der Waals surface area contributed by atoms with E-state index in [0.29, 0.717) is 5.54 Å². The van der Waals surface area contributed by atoms with Crippen molar-refractivity contribution in [2.24, 2.45) is 17.2 Å². The lowest BCUT2D eigenvalue weighted by molar-refractivity contribution is 1.08. The summed E-state index contributed by atoms with van der Waals surface area (Å²) < 4.78 is 0. The van der Waals surface area contributed by atoms with Crippen LogP contribution in [0.15, 0.2) is 78.9 Å². The summed E-state index contributed by atoms with van der Waals surface area (Å²) in [5, 5.41) is 4.72. The van der Waals surface area contributed by atoms with Crippen LogP contribution in [0, 0.1) is 0 Å². The van der Waals surface area contributed by atoms with Gasteiger partial charge in [0.15, 0.2) is 8.07 Å². The number of allylic oxidation sites excluding steroid dienone is 4. The van der Waals surface area contributed by atoms with Crippen molar-refractivity contribution in [1.29, 1.82) is 0 Å². The van der Waals surface area contributed by atoms with Crippen LogP contribution in [-0.2, 0) is 38.5 Å². The van der Waals surface area contributed by atoms with Crippen molar-refractivity contribution in [3.05, 3.63) is 112 Å². The highest BCUT2D eigenvalue weighted by Gasteiger charge is 2.46. The van der Waals surface area contributed by atoms with E-state index in [1.165, 1.54) is 54.5 Å². The second-order valence-corrected chi connectivity index (χ2v) is 14.4. The van der Waals surface area contributed by atoms with Gasteiger partial charge in [-0.2, -0.15) is 0 Å². The zero-order valence-electron chi connectivity index (χ0n) is 28.1. The van der Waals surface area contributed by atoms with Gasteiger partial charge < -0.3 is 17.2 Å². The number of aryl methyl sites for hydroxylation is 6. The molecule has 0 spiro atoms. The molecule has 0 radical (unpaired) electrons. The van der Waals surface area contributed by atoms with Crippen molar-refractivity contribution in [3.8, 4) is 0 Å². The summed E-state index contributed by atoms with van der Waals surface area (Å²) in [6.45, 7) is 13.8. The molecule has 0 unspecified atom stereocenters. The Morgan fingerprint density at radius 2 is 0.619 bits per heavy atom. The summed E-state index contributed by atoms with van der Waals surface area (Å²) in [5.41, 5.74) is 22.7. The van der Waals surface area contributed by atoms with Crippen molar-refractivity contribution in [2.45, 2.75) is 85.6 Å². The quantitative estimate of drug-likeness (QED) is 0.209. The average molecular weight is 586 g/mol. The van der Waals surface area contributed by atoms with Gasteiger partial charge in [-0.05, 0) is 109 Å². The minimum Gasteiger partial charge on any atom is -0.333 e. The summed E-state index contributed by atoms with van der Waals surface area (Å²) in [5.74, 6) is 0. The highest BCUT2D eigenvalue weighted by atomic mass is 28.3. The molecule has 0 atom stereocenters. The van der Waals surface area contributed by atoms with E-state index in [2.05, 4.69) is 138 Å². The zero-order chi connectivity index (χ0) is 31.7. The molecule has 42 heavy (non-hydrogen) atoms. The van der Waals surface area contributed by atoms with Gasteiger partial charge in [0.05, 0.1) is 0 Å². The summed E-state index contributed by atoms with van der Waals surface area (Å²) in [6, 6.07) is 22.7. The molecule has 230 valence electrons. The maximum Gasteiger partial charge on any atom is 0.158 e. The number of hydrogen-bond acceptors (Lipinski definition) is 3. The second-order valence-electron chi connectivity index (χ2n) is 10.3. The van der Waals surface area contributed by atoms with E-state index < -0.39 is 8.07 Å². The Hall–Kier alpha value is -2.76. The summed E-state index contributed by atoms with van der Waals surface area (Å²) in [6.07, 6.45) is 16.0. The van der Waals surface area contributed by atoms with Crippen molar-refractivity contribution < 1.29 is 0 Å². The van der Waals surface area contributed by atoms with E-state index in [9.17, 15) is 0 Å². The molecule has 0 aliphatic heterocycles. The summed E-state index contributed by atoms with van der Waals surface area (Å²) in [7, 11) is 2.05. The molecule has 4 rings (SSSR count). The molecule has 0 saturated heterocycles. The molecule has 3 aromatic rings. The third kappa shape index (κ3) is 8.41. The Morgan fingerprint density at radius 1 is 0.405 bits per heavy atom. The van der Waals surface area contributed by atoms with Crippen LogP contribution in [0.4, 0.5) is 0 Å². The monoisotopic (exact) mass is 585 g/mol. The van der Waals surface area contributed by atoms with E-state index in [1.54, 1.807) is 15.6 Å². The van der Waals surface area contributed by atoms with E-state index in [0.717, 1.165) is 38.5 Å². The van der Waals surface area contributed by atoms with Gasteiger partial charge in [0.25, 0.3) is 0 Å². The molecule has 0 saturated carbocycles. The fourth-order valence-corrected chi connectivity index (χ4v) is 11.4. The third-order valence-electron chi connectivity index (χ3n) is 8.22. The molecule has 3 nitrogen and oxygen atoms in total. The SMILES string of the molecule is CCc1cc(CC)cc([Si](c2cc(CC)cc(CC)c2)(c2cc(CC)cc(CC)c2)C2C=CC=C2)c1.CN.CN.CN. The van der Waals surface area contributed by atoms with Crippen LogP contribution < -0.4 is 32.8 Å². The first-order valence-electron chi connectivity index (χ1n) is 16.0. The molecule has 0 heterocycles. The fourth-order valence-electron chi connectivity index (χ4n) is 5.99. The molecule has 4 heteroatoms. The first-order chi connectivity index (χ1) is 20.5. The summed E-state index contributed by atoms with van der Waals surface area (Å²) in [4.78, 5) is 0. The van der Waals surface area contributed by atoms with Gasteiger partial charge in [-0.25, -0.2) is 0 Å².